The number of esters is 1. The second-order valence-corrected chi connectivity index (χ2v) is 6.54. The Bertz CT molecular complexity index is 871. The SMILES string of the molecule is CC(C)Oc1ccc(/C=C2\N=C(c3ccc(Cl)cc3Cl)OC2=O)cc1. The van der Waals surface area contributed by atoms with Gasteiger partial charge in [0.1, 0.15) is 5.75 Å². The van der Waals surface area contributed by atoms with E-state index in [1.165, 1.54) is 0 Å². The molecular weight excluding hydrogens is 361 g/mol. The molecule has 0 bridgehead atoms. The zero-order valence-electron chi connectivity index (χ0n) is 13.6. The van der Waals surface area contributed by atoms with Crippen LogP contribution < -0.4 is 4.74 Å². The van der Waals surface area contributed by atoms with Crippen LogP contribution in [0.4, 0.5) is 0 Å². The molecule has 1 aliphatic rings. The molecule has 6 heteroatoms. The van der Waals surface area contributed by atoms with Crippen molar-refractivity contribution in [3.8, 4) is 5.75 Å². The molecule has 1 heterocycles. The minimum absolute atomic E-state index is 0.102. The predicted molar refractivity (Wildman–Crippen MR) is 99.3 cm³/mol. The zero-order chi connectivity index (χ0) is 18.0. The molecule has 0 unspecified atom stereocenters. The van der Waals surface area contributed by atoms with E-state index in [9.17, 15) is 4.79 Å². The molecule has 0 aliphatic carbocycles. The fraction of sp³-hybridized carbons (Fsp3) is 0.158. The van der Waals surface area contributed by atoms with Gasteiger partial charge in [-0.2, -0.15) is 0 Å². The Kier molecular flexibility index (Phi) is 5.11. The van der Waals surface area contributed by atoms with Crippen LogP contribution in [-0.2, 0) is 9.53 Å². The molecule has 0 saturated heterocycles. The van der Waals surface area contributed by atoms with Crippen molar-refractivity contribution in [3.05, 3.63) is 69.3 Å². The van der Waals surface area contributed by atoms with Gasteiger partial charge >= 0.3 is 5.97 Å². The van der Waals surface area contributed by atoms with Crippen molar-refractivity contribution >= 4 is 41.1 Å². The minimum atomic E-state index is -0.525. The van der Waals surface area contributed by atoms with Crippen molar-refractivity contribution in [2.24, 2.45) is 4.99 Å². The first-order chi connectivity index (χ1) is 11.9. The van der Waals surface area contributed by atoms with Crippen LogP contribution in [0.5, 0.6) is 5.75 Å². The van der Waals surface area contributed by atoms with Crippen LogP contribution in [0.15, 0.2) is 53.2 Å². The van der Waals surface area contributed by atoms with Crippen LogP contribution >= 0.6 is 23.2 Å². The Labute approximate surface area is 155 Å². The Morgan fingerprint density at radius 2 is 1.84 bits per heavy atom. The van der Waals surface area contributed by atoms with E-state index in [0.717, 1.165) is 11.3 Å². The summed E-state index contributed by atoms with van der Waals surface area (Å²) in [5.41, 5.74) is 1.54. The molecule has 128 valence electrons. The Hall–Kier alpha value is -2.30. The number of ether oxygens (including phenoxy) is 2. The van der Waals surface area contributed by atoms with Gasteiger partial charge in [-0.3, -0.25) is 0 Å². The first-order valence-electron chi connectivity index (χ1n) is 7.67. The van der Waals surface area contributed by atoms with E-state index < -0.39 is 5.97 Å². The van der Waals surface area contributed by atoms with Gasteiger partial charge in [-0.15, -0.1) is 0 Å². The second kappa shape index (κ2) is 7.30. The van der Waals surface area contributed by atoms with E-state index in [2.05, 4.69) is 4.99 Å². The fourth-order valence-electron chi connectivity index (χ4n) is 2.26. The number of hydrogen-bond acceptors (Lipinski definition) is 4. The van der Waals surface area contributed by atoms with Gasteiger partial charge in [0.25, 0.3) is 0 Å². The summed E-state index contributed by atoms with van der Waals surface area (Å²) in [6.07, 6.45) is 1.75. The molecule has 0 atom stereocenters. The number of aliphatic imine (C=N–C) groups is 1. The third-order valence-corrected chi connectivity index (χ3v) is 3.89. The molecule has 0 spiro atoms. The summed E-state index contributed by atoms with van der Waals surface area (Å²) in [6, 6.07) is 12.3. The summed E-state index contributed by atoms with van der Waals surface area (Å²) in [6.45, 7) is 3.92. The molecule has 3 rings (SSSR count). The molecule has 0 aromatic heterocycles. The van der Waals surface area contributed by atoms with Gasteiger partial charge in [0.05, 0.1) is 16.7 Å². The van der Waals surface area contributed by atoms with E-state index >= 15 is 0 Å². The van der Waals surface area contributed by atoms with Crippen LogP contribution in [0.1, 0.15) is 25.0 Å². The maximum absolute atomic E-state index is 12.1. The van der Waals surface area contributed by atoms with Gasteiger partial charge in [0, 0.05) is 5.02 Å². The highest BCUT2D eigenvalue weighted by Crippen LogP contribution is 2.26. The molecule has 25 heavy (non-hydrogen) atoms. The molecule has 0 fully saturated rings. The molecule has 0 amide bonds. The van der Waals surface area contributed by atoms with Crippen molar-refractivity contribution in [1.29, 1.82) is 0 Å². The lowest BCUT2D eigenvalue weighted by atomic mass is 10.2. The van der Waals surface area contributed by atoms with Crippen LogP contribution in [0.25, 0.3) is 6.08 Å². The number of benzene rings is 2. The summed E-state index contributed by atoms with van der Waals surface area (Å²) >= 11 is 12.0. The molecular formula is C19H15Cl2NO3. The van der Waals surface area contributed by atoms with Crippen LogP contribution in [0.2, 0.25) is 10.0 Å². The number of rotatable bonds is 4. The van der Waals surface area contributed by atoms with Crippen LogP contribution in [-0.4, -0.2) is 18.0 Å². The van der Waals surface area contributed by atoms with E-state index in [1.807, 2.05) is 38.1 Å². The highest BCUT2D eigenvalue weighted by Gasteiger charge is 2.25. The number of carbonyl (C=O) groups is 1. The first-order valence-corrected chi connectivity index (χ1v) is 8.42. The molecule has 0 saturated carbocycles. The van der Waals surface area contributed by atoms with Crippen LogP contribution in [0, 0.1) is 0 Å². The summed E-state index contributed by atoms with van der Waals surface area (Å²) < 4.78 is 10.8. The number of carbonyl (C=O) groups excluding carboxylic acids is 1. The summed E-state index contributed by atoms with van der Waals surface area (Å²) in [5.74, 6) is 0.407. The lowest BCUT2D eigenvalue weighted by Crippen LogP contribution is -2.06. The zero-order valence-corrected chi connectivity index (χ0v) is 15.1. The smallest absolute Gasteiger partial charge is 0.363 e. The van der Waals surface area contributed by atoms with Crippen molar-refractivity contribution in [2.45, 2.75) is 20.0 Å². The maximum Gasteiger partial charge on any atom is 0.363 e. The van der Waals surface area contributed by atoms with Gasteiger partial charge in [0.15, 0.2) is 5.70 Å². The van der Waals surface area contributed by atoms with Crippen molar-refractivity contribution in [2.75, 3.05) is 0 Å². The second-order valence-electron chi connectivity index (χ2n) is 5.70. The van der Waals surface area contributed by atoms with Gasteiger partial charge < -0.3 is 9.47 Å². The standard InChI is InChI=1S/C19H15Cl2NO3/c1-11(2)24-14-6-3-12(4-7-14)9-17-19(23)25-18(22-17)15-8-5-13(20)10-16(15)21/h3-11H,1-2H3/b17-9-. The lowest BCUT2D eigenvalue weighted by Gasteiger charge is -2.09. The molecule has 0 N–H and O–H groups in total. The maximum atomic E-state index is 12.1. The lowest BCUT2D eigenvalue weighted by molar-refractivity contribution is -0.129. The summed E-state index contributed by atoms with van der Waals surface area (Å²) in [5, 5.41) is 0.869. The Balaban J connectivity index is 1.85. The normalized spacial score (nSPS) is 15.5. The van der Waals surface area contributed by atoms with Gasteiger partial charge in [-0.25, -0.2) is 9.79 Å². The number of halogens is 2. The van der Waals surface area contributed by atoms with Gasteiger partial charge in [-0.1, -0.05) is 35.3 Å². The predicted octanol–water partition coefficient (Wildman–Crippen LogP) is 5.13. The van der Waals surface area contributed by atoms with Gasteiger partial charge in [-0.05, 0) is 55.8 Å². The highest BCUT2D eigenvalue weighted by molar-refractivity contribution is 6.37. The first kappa shape index (κ1) is 17.5. The van der Waals surface area contributed by atoms with E-state index in [0.29, 0.717) is 15.6 Å². The third kappa shape index (κ3) is 4.21. The topological polar surface area (TPSA) is 47.9 Å². The van der Waals surface area contributed by atoms with E-state index in [-0.39, 0.29) is 17.7 Å². The number of hydrogen-bond donors (Lipinski definition) is 0. The molecule has 0 radical (unpaired) electrons. The van der Waals surface area contributed by atoms with Gasteiger partial charge in [0.2, 0.25) is 5.90 Å². The van der Waals surface area contributed by atoms with E-state index in [4.69, 9.17) is 32.7 Å². The van der Waals surface area contributed by atoms with Crippen molar-refractivity contribution in [1.82, 2.24) is 0 Å². The van der Waals surface area contributed by atoms with Crippen molar-refractivity contribution < 1.29 is 14.3 Å². The quantitative estimate of drug-likeness (QED) is 0.549. The number of cyclic esters (lactones) is 1. The summed E-state index contributed by atoms with van der Waals surface area (Å²) in [4.78, 5) is 16.3. The molecule has 2 aromatic carbocycles. The fourth-order valence-corrected chi connectivity index (χ4v) is 2.75. The molecule has 2 aromatic rings. The largest absolute Gasteiger partial charge is 0.491 e. The monoisotopic (exact) mass is 375 g/mol. The van der Waals surface area contributed by atoms with Crippen LogP contribution in [0.3, 0.4) is 0 Å². The summed E-state index contributed by atoms with van der Waals surface area (Å²) in [7, 11) is 0. The minimum Gasteiger partial charge on any atom is -0.491 e. The molecule has 1 aliphatic heterocycles. The average Bonchev–Trinajstić information content (AvgIpc) is 2.89. The Morgan fingerprint density at radius 1 is 1.12 bits per heavy atom. The highest BCUT2D eigenvalue weighted by atomic mass is 35.5. The number of nitrogens with zero attached hydrogens (tertiary/aromatic N) is 1. The third-order valence-electron chi connectivity index (χ3n) is 3.34. The molecule has 4 nitrogen and oxygen atoms in total. The Morgan fingerprint density at radius 3 is 2.48 bits per heavy atom. The van der Waals surface area contributed by atoms with E-state index in [1.54, 1.807) is 24.3 Å². The van der Waals surface area contributed by atoms with Crippen molar-refractivity contribution in [3.63, 3.8) is 0 Å². The average molecular weight is 376 g/mol.